The SMILES string of the molecule is CCCCN(CC)C(=O)c1nn(-c2ccccc2)cc1OC. The zero-order valence-corrected chi connectivity index (χ0v) is 13.5. The van der Waals surface area contributed by atoms with Crippen molar-refractivity contribution in [1.29, 1.82) is 0 Å². The van der Waals surface area contributed by atoms with Crippen LogP contribution in [0.25, 0.3) is 5.69 Å². The van der Waals surface area contributed by atoms with Gasteiger partial charge in [-0.25, -0.2) is 4.68 Å². The van der Waals surface area contributed by atoms with Crippen LogP contribution in [-0.4, -0.2) is 40.8 Å². The molecule has 1 amide bonds. The molecule has 5 heteroatoms. The van der Waals surface area contributed by atoms with Crippen LogP contribution in [0.3, 0.4) is 0 Å². The predicted octanol–water partition coefficient (Wildman–Crippen LogP) is 3.14. The molecule has 2 aromatic rings. The van der Waals surface area contributed by atoms with Crippen LogP contribution in [0.2, 0.25) is 0 Å². The van der Waals surface area contributed by atoms with E-state index in [2.05, 4.69) is 12.0 Å². The maximum atomic E-state index is 12.7. The van der Waals surface area contributed by atoms with E-state index < -0.39 is 0 Å². The van der Waals surface area contributed by atoms with Crippen LogP contribution in [0.4, 0.5) is 0 Å². The number of ether oxygens (including phenoxy) is 1. The Hall–Kier alpha value is -2.30. The summed E-state index contributed by atoms with van der Waals surface area (Å²) in [6.07, 6.45) is 3.79. The number of aromatic nitrogens is 2. The molecular formula is C17H23N3O2. The molecule has 0 aliphatic heterocycles. The standard InChI is InChI=1S/C17H23N3O2/c1-4-6-12-19(5-2)17(21)16-15(22-3)13-20(18-16)14-10-8-7-9-11-14/h7-11,13H,4-6,12H2,1-3H3. The second kappa shape index (κ2) is 7.64. The average Bonchev–Trinajstić information content (AvgIpc) is 3.00. The van der Waals surface area contributed by atoms with Gasteiger partial charge in [0, 0.05) is 13.1 Å². The molecule has 0 saturated carbocycles. The molecule has 2 rings (SSSR count). The number of amides is 1. The smallest absolute Gasteiger partial charge is 0.278 e. The van der Waals surface area contributed by atoms with Gasteiger partial charge in [0.15, 0.2) is 11.4 Å². The lowest BCUT2D eigenvalue weighted by atomic mass is 10.3. The van der Waals surface area contributed by atoms with Gasteiger partial charge in [-0.15, -0.1) is 0 Å². The molecule has 0 bridgehead atoms. The van der Waals surface area contributed by atoms with Gasteiger partial charge < -0.3 is 9.64 Å². The van der Waals surface area contributed by atoms with E-state index in [4.69, 9.17) is 4.74 Å². The highest BCUT2D eigenvalue weighted by Crippen LogP contribution is 2.21. The lowest BCUT2D eigenvalue weighted by Gasteiger charge is -2.19. The minimum atomic E-state index is -0.0810. The van der Waals surface area contributed by atoms with Gasteiger partial charge in [0.05, 0.1) is 19.0 Å². The minimum absolute atomic E-state index is 0.0810. The Balaban J connectivity index is 2.30. The molecule has 0 radical (unpaired) electrons. The third kappa shape index (κ3) is 3.47. The van der Waals surface area contributed by atoms with Crippen LogP contribution in [0.5, 0.6) is 5.75 Å². The van der Waals surface area contributed by atoms with E-state index in [-0.39, 0.29) is 5.91 Å². The van der Waals surface area contributed by atoms with Crippen molar-refractivity contribution in [3.63, 3.8) is 0 Å². The Morgan fingerprint density at radius 1 is 1.27 bits per heavy atom. The summed E-state index contributed by atoms with van der Waals surface area (Å²) in [5.74, 6) is 0.422. The van der Waals surface area contributed by atoms with Gasteiger partial charge in [0.25, 0.3) is 5.91 Å². The first kappa shape index (κ1) is 16.1. The largest absolute Gasteiger partial charge is 0.493 e. The van der Waals surface area contributed by atoms with Crippen molar-refractivity contribution in [2.75, 3.05) is 20.2 Å². The third-order valence-electron chi connectivity index (χ3n) is 3.57. The number of rotatable bonds is 7. The molecule has 0 atom stereocenters. The molecule has 22 heavy (non-hydrogen) atoms. The predicted molar refractivity (Wildman–Crippen MR) is 86.6 cm³/mol. The zero-order chi connectivity index (χ0) is 15.9. The summed E-state index contributed by atoms with van der Waals surface area (Å²) in [5, 5.41) is 4.43. The summed E-state index contributed by atoms with van der Waals surface area (Å²) in [4.78, 5) is 14.5. The highest BCUT2D eigenvalue weighted by Gasteiger charge is 2.22. The molecule has 118 valence electrons. The second-order valence-corrected chi connectivity index (χ2v) is 5.06. The fourth-order valence-corrected chi connectivity index (χ4v) is 2.27. The lowest BCUT2D eigenvalue weighted by molar-refractivity contribution is 0.0752. The van der Waals surface area contributed by atoms with Crippen molar-refractivity contribution in [1.82, 2.24) is 14.7 Å². The number of unbranched alkanes of at least 4 members (excludes halogenated alkanes) is 1. The van der Waals surface area contributed by atoms with Crippen molar-refractivity contribution in [3.8, 4) is 11.4 Å². The summed E-state index contributed by atoms with van der Waals surface area (Å²) in [6.45, 7) is 5.50. The Morgan fingerprint density at radius 3 is 2.59 bits per heavy atom. The number of benzene rings is 1. The van der Waals surface area contributed by atoms with E-state index in [0.29, 0.717) is 18.0 Å². The zero-order valence-electron chi connectivity index (χ0n) is 13.5. The van der Waals surface area contributed by atoms with Crippen LogP contribution < -0.4 is 4.74 Å². The first-order valence-corrected chi connectivity index (χ1v) is 7.69. The second-order valence-electron chi connectivity index (χ2n) is 5.06. The van der Waals surface area contributed by atoms with Crippen molar-refractivity contribution >= 4 is 5.91 Å². The number of carbonyl (C=O) groups excluding carboxylic acids is 1. The average molecular weight is 301 g/mol. The summed E-state index contributed by atoms with van der Waals surface area (Å²) >= 11 is 0. The van der Waals surface area contributed by atoms with Gasteiger partial charge in [0.2, 0.25) is 0 Å². The molecule has 1 aromatic carbocycles. The normalized spacial score (nSPS) is 10.5. The summed E-state index contributed by atoms with van der Waals surface area (Å²) in [7, 11) is 1.56. The number of para-hydroxylation sites is 1. The van der Waals surface area contributed by atoms with Crippen LogP contribution in [-0.2, 0) is 0 Å². The van der Waals surface area contributed by atoms with Crippen LogP contribution in [0.15, 0.2) is 36.5 Å². The Bertz CT molecular complexity index is 608. The van der Waals surface area contributed by atoms with Gasteiger partial charge in [-0.1, -0.05) is 31.5 Å². The third-order valence-corrected chi connectivity index (χ3v) is 3.57. The topological polar surface area (TPSA) is 47.4 Å². The first-order chi connectivity index (χ1) is 10.7. The van der Waals surface area contributed by atoms with Crippen molar-refractivity contribution < 1.29 is 9.53 Å². The van der Waals surface area contributed by atoms with Gasteiger partial charge in [-0.05, 0) is 25.5 Å². The number of methoxy groups -OCH3 is 1. The summed E-state index contributed by atoms with van der Waals surface area (Å²) in [6, 6.07) is 9.69. The molecule has 0 unspecified atom stereocenters. The fraction of sp³-hybridized carbons (Fsp3) is 0.412. The lowest BCUT2D eigenvalue weighted by Crippen LogP contribution is -2.32. The molecule has 0 aliphatic carbocycles. The maximum absolute atomic E-state index is 12.7. The molecule has 1 heterocycles. The summed E-state index contributed by atoms with van der Waals surface area (Å²) in [5.41, 5.74) is 1.26. The van der Waals surface area contributed by atoms with Crippen molar-refractivity contribution in [3.05, 3.63) is 42.2 Å². The maximum Gasteiger partial charge on any atom is 0.278 e. The summed E-state index contributed by atoms with van der Waals surface area (Å²) < 4.78 is 7.02. The highest BCUT2D eigenvalue weighted by atomic mass is 16.5. The molecule has 0 spiro atoms. The van der Waals surface area contributed by atoms with E-state index in [9.17, 15) is 4.79 Å². The van der Waals surface area contributed by atoms with Crippen LogP contribution in [0, 0.1) is 0 Å². The molecule has 0 fully saturated rings. The Kier molecular flexibility index (Phi) is 5.58. The molecule has 1 aromatic heterocycles. The first-order valence-electron chi connectivity index (χ1n) is 7.69. The van der Waals surface area contributed by atoms with Gasteiger partial charge in [0.1, 0.15) is 0 Å². The van der Waals surface area contributed by atoms with E-state index >= 15 is 0 Å². The molecule has 5 nitrogen and oxygen atoms in total. The van der Waals surface area contributed by atoms with E-state index in [1.165, 1.54) is 0 Å². The van der Waals surface area contributed by atoms with Crippen molar-refractivity contribution in [2.45, 2.75) is 26.7 Å². The van der Waals surface area contributed by atoms with E-state index in [1.54, 1.807) is 18.0 Å². The highest BCUT2D eigenvalue weighted by molar-refractivity contribution is 5.95. The van der Waals surface area contributed by atoms with Gasteiger partial charge in [-0.3, -0.25) is 4.79 Å². The van der Waals surface area contributed by atoms with Gasteiger partial charge >= 0.3 is 0 Å². The Morgan fingerprint density at radius 2 is 2.00 bits per heavy atom. The number of nitrogens with zero attached hydrogens (tertiary/aromatic N) is 3. The number of hydrogen-bond donors (Lipinski definition) is 0. The number of carbonyl (C=O) groups is 1. The molecule has 0 aliphatic rings. The van der Waals surface area contributed by atoms with Crippen LogP contribution in [0.1, 0.15) is 37.2 Å². The van der Waals surface area contributed by atoms with E-state index in [0.717, 1.165) is 25.1 Å². The fourth-order valence-electron chi connectivity index (χ4n) is 2.27. The quantitative estimate of drug-likeness (QED) is 0.789. The molecule has 0 N–H and O–H groups in total. The minimum Gasteiger partial charge on any atom is -0.493 e. The van der Waals surface area contributed by atoms with Gasteiger partial charge in [-0.2, -0.15) is 5.10 Å². The molecular weight excluding hydrogens is 278 g/mol. The molecule has 0 saturated heterocycles. The number of hydrogen-bond acceptors (Lipinski definition) is 3. The van der Waals surface area contributed by atoms with Crippen molar-refractivity contribution in [2.24, 2.45) is 0 Å². The Labute approximate surface area is 131 Å². The van der Waals surface area contributed by atoms with Crippen LogP contribution >= 0.6 is 0 Å². The van der Waals surface area contributed by atoms with E-state index in [1.807, 2.05) is 42.2 Å². The monoisotopic (exact) mass is 301 g/mol.